The number of ether oxygens (including phenoxy) is 1. The molecule has 1 aliphatic rings. The van der Waals surface area contributed by atoms with Gasteiger partial charge in [0.1, 0.15) is 6.33 Å². The van der Waals surface area contributed by atoms with Crippen molar-refractivity contribution < 1.29 is 9.53 Å². The summed E-state index contributed by atoms with van der Waals surface area (Å²) >= 11 is 1.41. The highest BCUT2D eigenvalue weighted by Gasteiger charge is 2.22. The third-order valence-corrected chi connectivity index (χ3v) is 4.41. The van der Waals surface area contributed by atoms with Crippen LogP contribution < -0.4 is 5.32 Å². The Morgan fingerprint density at radius 3 is 2.84 bits per heavy atom. The SMILES string of the molecule is COC1CCC(NC(=O)CSc2nncn2C)CC1. The van der Waals surface area contributed by atoms with Gasteiger partial charge in [-0.05, 0) is 25.7 Å². The molecule has 0 spiro atoms. The molecule has 0 aliphatic heterocycles. The van der Waals surface area contributed by atoms with Crippen molar-refractivity contribution in [2.75, 3.05) is 12.9 Å². The summed E-state index contributed by atoms with van der Waals surface area (Å²) in [5.41, 5.74) is 0. The summed E-state index contributed by atoms with van der Waals surface area (Å²) in [6.07, 6.45) is 6.04. The lowest BCUT2D eigenvalue weighted by Gasteiger charge is -2.28. The lowest BCUT2D eigenvalue weighted by Crippen LogP contribution is -2.39. The normalized spacial score (nSPS) is 23.3. The largest absolute Gasteiger partial charge is 0.381 e. The molecule has 0 radical (unpaired) electrons. The average Bonchev–Trinajstić information content (AvgIpc) is 2.83. The molecule has 1 saturated carbocycles. The van der Waals surface area contributed by atoms with E-state index in [-0.39, 0.29) is 5.91 Å². The molecule has 0 bridgehead atoms. The highest BCUT2D eigenvalue weighted by molar-refractivity contribution is 7.99. The second kappa shape index (κ2) is 6.91. The first kappa shape index (κ1) is 14.3. The first-order valence-corrected chi connectivity index (χ1v) is 7.46. The molecule has 1 aromatic heterocycles. The number of thioether (sulfide) groups is 1. The number of methoxy groups -OCH3 is 1. The van der Waals surface area contributed by atoms with E-state index in [2.05, 4.69) is 15.5 Å². The Balaban J connectivity index is 1.69. The predicted octanol–water partition coefficient (Wildman–Crippen LogP) is 0.981. The molecule has 1 aliphatic carbocycles. The number of nitrogens with one attached hydrogen (secondary N) is 1. The van der Waals surface area contributed by atoms with Gasteiger partial charge in [-0.3, -0.25) is 4.79 Å². The number of carbonyl (C=O) groups is 1. The minimum absolute atomic E-state index is 0.0638. The van der Waals surface area contributed by atoms with E-state index in [0.717, 1.165) is 30.8 Å². The van der Waals surface area contributed by atoms with Crippen molar-refractivity contribution in [2.45, 2.75) is 43.0 Å². The summed E-state index contributed by atoms with van der Waals surface area (Å²) in [4.78, 5) is 11.8. The molecule has 2 rings (SSSR count). The van der Waals surface area contributed by atoms with Crippen LogP contribution in [0, 0.1) is 0 Å². The summed E-state index contributed by atoms with van der Waals surface area (Å²) in [6, 6.07) is 0.291. The smallest absolute Gasteiger partial charge is 0.230 e. The molecule has 1 N–H and O–H groups in total. The van der Waals surface area contributed by atoms with Crippen LogP contribution in [0.4, 0.5) is 0 Å². The Hall–Kier alpha value is -1.08. The third kappa shape index (κ3) is 4.21. The van der Waals surface area contributed by atoms with Gasteiger partial charge in [-0.2, -0.15) is 0 Å². The molecule has 1 amide bonds. The molecule has 1 aromatic rings. The van der Waals surface area contributed by atoms with E-state index in [1.54, 1.807) is 13.4 Å². The van der Waals surface area contributed by atoms with Crippen LogP contribution in [0.3, 0.4) is 0 Å². The Kier molecular flexibility index (Phi) is 5.21. The van der Waals surface area contributed by atoms with Crippen LogP contribution in [0.15, 0.2) is 11.5 Å². The van der Waals surface area contributed by atoms with Crippen LogP contribution in [0.25, 0.3) is 0 Å². The Labute approximate surface area is 117 Å². The van der Waals surface area contributed by atoms with E-state index < -0.39 is 0 Å². The molecule has 19 heavy (non-hydrogen) atoms. The number of nitrogens with zero attached hydrogens (tertiary/aromatic N) is 3. The Bertz CT molecular complexity index is 416. The fourth-order valence-electron chi connectivity index (χ4n) is 2.25. The van der Waals surface area contributed by atoms with Gasteiger partial charge in [0.2, 0.25) is 5.91 Å². The Morgan fingerprint density at radius 2 is 2.26 bits per heavy atom. The zero-order valence-corrected chi connectivity index (χ0v) is 12.2. The van der Waals surface area contributed by atoms with E-state index in [4.69, 9.17) is 4.74 Å². The maximum absolute atomic E-state index is 11.8. The van der Waals surface area contributed by atoms with Crippen LogP contribution in [-0.2, 0) is 16.6 Å². The van der Waals surface area contributed by atoms with Gasteiger partial charge in [0.15, 0.2) is 5.16 Å². The van der Waals surface area contributed by atoms with Crippen molar-refractivity contribution in [1.82, 2.24) is 20.1 Å². The fraction of sp³-hybridized carbons (Fsp3) is 0.750. The van der Waals surface area contributed by atoms with Crippen LogP contribution in [0.1, 0.15) is 25.7 Å². The van der Waals surface area contributed by atoms with Gasteiger partial charge < -0.3 is 14.6 Å². The number of rotatable bonds is 5. The number of hydrogen-bond acceptors (Lipinski definition) is 5. The predicted molar refractivity (Wildman–Crippen MR) is 72.9 cm³/mol. The maximum Gasteiger partial charge on any atom is 0.230 e. The summed E-state index contributed by atoms with van der Waals surface area (Å²) in [5, 5.41) is 11.5. The first-order chi connectivity index (χ1) is 9.19. The van der Waals surface area contributed by atoms with Crippen molar-refractivity contribution in [3.8, 4) is 0 Å². The topological polar surface area (TPSA) is 69.0 Å². The minimum Gasteiger partial charge on any atom is -0.381 e. The first-order valence-electron chi connectivity index (χ1n) is 6.48. The molecule has 0 aromatic carbocycles. The number of carbonyl (C=O) groups excluding carboxylic acids is 1. The summed E-state index contributed by atoms with van der Waals surface area (Å²) in [6.45, 7) is 0. The Morgan fingerprint density at radius 1 is 1.53 bits per heavy atom. The van der Waals surface area contributed by atoms with Gasteiger partial charge in [0.25, 0.3) is 0 Å². The van der Waals surface area contributed by atoms with Gasteiger partial charge in [0, 0.05) is 20.2 Å². The minimum atomic E-state index is 0.0638. The van der Waals surface area contributed by atoms with Gasteiger partial charge in [-0.25, -0.2) is 0 Å². The second-order valence-corrected chi connectivity index (χ2v) is 5.73. The van der Waals surface area contributed by atoms with Crippen molar-refractivity contribution in [3.63, 3.8) is 0 Å². The second-order valence-electron chi connectivity index (χ2n) is 4.79. The maximum atomic E-state index is 11.8. The lowest BCUT2D eigenvalue weighted by molar-refractivity contribution is -0.119. The molecule has 6 nitrogen and oxygen atoms in total. The molecular formula is C12H20N4O2S. The fourth-order valence-corrected chi connectivity index (χ4v) is 2.94. The molecule has 0 unspecified atom stereocenters. The summed E-state index contributed by atoms with van der Waals surface area (Å²) in [5.74, 6) is 0.449. The highest BCUT2D eigenvalue weighted by atomic mass is 32.2. The molecule has 7 heteroatoms. The van der Waals surface area contributed by atoms with Gasteiger partial charge in [-0.1, -0.05) is 11.8 Å². The number of amides is 1. The molecule has 1 heterocycles. The number of hydrogen-bond donors (Lipinski definition) is 1. The van der Waals surface area contributed by atoms with Gasteiger partial charge in [0.05, 0.1) is 11.9 Å². The molecule has 0 saturated heterocycles. The van der Waals surface area contributed by atoms with E-state index in [1.165, 1.54) is 11.8 Å². The van der Waals surface area contributed by atoms with Crippen LogP contribution in [0.5, 0.6) is 0 Å². The zero-order chi connectivity index (χ0) is 13.7. The third-order valence-electron chi connectivity index (χ3n) is 3.37. The van der Waals surface area contributed by atoms with Crippen LogP contribution >= 0.6 is 11.8 Å². The standard InChI is InChI=1S/C12H20N4O2S/c1-16-8-13-15-12(16)19-7-11(17)14-9-3-5-10(18-2)6-4-9/h8-10H,3-7H2,1-2H3,(H,14,17). The van der Waals surface area contributed by atoms with E-state index >= 15 is 0 Å². The van der Waals surface area contributed by atoms with Crippen LogP contribution in [-0.4, -0.2) is 45.7 Å². The lowest BCUT2D eigenvalue weighted by atomic mass is 9.93. The summed E-state index contributed by atoms with van der Waals surface area (Å²) in [7, 11) is 3.62. The van der Waals surface area contributed by atoms with Crippen molar-refractivity contribution in [2.24, 2.45) is 7.05 Å². The number of aromatic nitrogens is 3. The zero-order valence-electron chi connectivity index (χ0n) is 11.3. The van der Waals surface area contributed by atoms with E-state index in [0.29, 0.717) is 17.9 Å². The molecule has 1 fully saturated rings. The number of aryl methyl sites for hydroxylation is 1. The van der Waals surface area contributed by atoms with Crippen molar-refractivity contribution >= 4 is 17.7 Å². The summed E-state index contributed by atoms with van der Waals surface area (Å²) < 4.78 is 7.13. The highest BCUT2D eigenvalue weighted by Crippen LogP contribution is 2.21. The quantitative estimate of drug-likeness (QED) is 0.816. The average molecular weight is 284 g/mol. The molecular weight excluding hydrogens is 264 g/mol. The van der Waals surface area contributed by atoms with Crippen molar-refractivity contribution in [3.05, 3.63) is 6.33 Å². The molecule has 106 valence electrons. The molecule has 0 atom stereocenters. The van der Waals surface area contributed by atoms with Crippen LogP contribution in [0.2, 0.25) is 0 Å². The van der Waals surface area contributed by atoms with Gasteiger partial charge in [-0.15, -0.1) is 10.2 Å². The van der Waals surface area contributed by atoms with Gasteiger partial charge >= 0.3 is 0 Å². The van der Waals surface area contributed by atoms with Crippen molar-refractivity contribution in [1.29, 1.82) is 0 Å². The van der Waals surface area contributed by atoms with E-state index in [9.17, 15) is 4.79 Å². The van der Waals surface area contributed by atoms with E-state index in [1.807, 2.05) is 11.6 Å². The monoisotopic (exact) mass is 284 g/mol.